The minimum Gasteiger partial charge on any atom is -0.310 e. The Kier molecular flexibility index (Phi) is 6.37. The molecule has 0 fully saturated rings. The van der Waals surface area contributed by atoms with Gasteiger partial charge in [-0.3, -0.25) is 9.78 Å². The highest BCUT2D eigenvalue weighted by atomic mass is 32.2. The third-order valence-corrected chi connectivity index (χ3v) is 8.24. The minimum atomic E-state index is -4.63. The number of fused-ring (bicyclic) bond motifs is 1. The first-order valence-electron chi connectivity index (χ1n) is 9.57. The number of pyridine rings is 2. The second-order valence-electron chi connectivity index (χ2n) is 7.18. The van der Waals surface area contributed by atoms with Crippen molar-refractivity contribution in [1.82, 2.24) is 19.5 Å². The number of amides is 1. The lowest BCUT2D eigenvalue weighted by molar-refractivity contribution is -0.137. The maximum atomic E-state index is 13.0. The molecule has 0 saturated carbocycles. The van der Waals surface area contributed by atoms with Gasteiger partial charge in [0.05, 0.1) is 31.5 Å². The number of aromatic nitrogens is 4. The third kappa shape index (κ3) is 4.90. The Morgan fingerprint density at radius 1 is 1.09 bits per heavy atom. The number of carbonyl (C=O) groups excluding carboxylic acids is 1. The molecule has 3 aromatic rings. The molecule has 9 nitrogen and oxygen atoms in total. The van der Waals surface area contributed by atoms with E-state index in [1.807, 2.05) is 0 Å². The van der Waals surface area contributed by atoms with Crippen molar-refractivity contribution < 1.29 is 30.6 Å². The number of rotatable bonds is 5. The van der Waals surface area contributed by atoms with Gasteiger partial charge in [0.1, 0.15) is 11.2 Å². The molecule has 0 N–H and O–H groups in total. The molecule has 0 saturated heterocycles. The van der Waals surface area contributed by atoms with Crippen molar-refractivity contribution in [2.75, 3.05) is 17.8 Å². The van der Waals surface area contributed by atoms with Crippen LogP contribution in [0.15, 0.2) is 33.8 Å². The second-order valence-corrected chi connectivity index (χ2v) is 12.1. The van der Waals surface area contributed by atoms with Crippen LogP contribution >= 0.6 is 0 Å². The molecule has 1 unspecified atom stereocenters. The Morgan fingerprint density at radius 3 is 2.33 bits per heavy atom. The molecule has 14 heteroatoms. The average Bonchev–Trinajstić information content (AvgIpc) is 3.08. The van der Waals surface area contributed by atoms with E-state index in [1.165, 1.54) is 24.8 Å². The topological polar surface area (TPSA) is 124 Å². The van der Waals surface area contributed by atoms with Gasteiger partial charge >= 0.3 is 6.18 Å². The lowest BCUT2D eigenvalue weighted by atomic mass is 10.2. The van der Waals surface area contributed by atoms with Gasteiger partial charge in [-0.2, -0.15) is 17.5 Å². The van der Waals surface area contributed by atoms with Crippen molar-refractivity contribution in [3.63, 3.8) is 0 Å². The monoisotopic (exact) mass is 503 g/mol. The molecule has 1 atom stereocenters. The van der Waals surface area contributed by atoms with Gasteiger partial charge in [-0.1, -0.05) is 13.8 Å². The summed E-state index contributed by atoms with van der Waals surface area (Å²) in [6.07, 6.45) is -1.60. The maximum Gasteiger partial charge on any atom is 0.417 e. The van der Waals surface area contributed by atoms with E-state index in [4.69, 9.17) is 0 Å². The number of nitrogens with zero attached hydrogens (tertiary/aromatic N) is 5. The summed E-state index contributed by atoms with van der Waals surface area (Å²) in [5.41, 5.74) is -1.37. The van der Waals surface area contributed by atoms with E-state index in [2.05, 4.69) is 19.3 Å². The van der Waals surface area contributed by atoms with E-state index in [1.54, 1.807) is 6.92 Å². The molecule has 0 radical (unpaired) electrons. The predicted octanol–water partition coefficient (Wildman–Crippen LogP) is 3.10. The van der Waals surface area contributed by atoms with Crippen LogP contribution < -0.4 is 0 Å². The first-order chi connectivity index (χ1) is 15.2. The molecule has 0 aromatic carbocycles. The van der Waals surface area contributed by atoms with E-state index in [0.29, 0.717) is 6.20 Å². The van der Waals surface area contributed by atoms with Gasteiger partial charge in [0.25, 0.3) is 5.91 Å². The largest absolute Gasteiger partial charge is 0.417 e. The Hall–Kier alpha value is -2.87. The summed E-state index contributed by atoms with van der Waals surface area (Å²) in [6.45, 7) is 2.98. The van der Waals surface area contributed by atoms with Crippen molar-refractivity contribution in [2.45, 2.75) is 24.9 Å². The Morgan fingerprint density at radius 2 is 1.76 bits per heavy atom. The molecular weight excluding hydrogens is 483 g/mol. The first-order valence-corrected chi connectivity index (χ1v) is 13.3. The minimum absolute atomic E-state index is 0.0485. The Bertz CT molecular complexity index is 1490. The van der Waals surface area contributed by atoms with Gasteiger partial charge in [0.15, 0.2) is 21.3 Å². The van der Waals surface area contributed by atoms with Crippen molar-refractivity contribution >= 4 is 36.6 Å². The molecule has 0 bridgehead atoms. The van der Waals surface area contributed by atoms with Crippen LogP contribution in [0.3, 0.4) is 0 Å². The van der Waals surface area contributed by atoms with Gasteiger partial charge in [-0.05, 0) is 12.1 Å². The Labute approximate surface area is 188 Å². The lowest BCUT2D eigenvalue weighted by Crippen LogP contribution is -2.12. The van der Waals surface area contributed by atoms with Crippen LogP contribution in [0.25, 0.3) is 22.7 Å². The maximum absolute atomic E-state index is 13.0. The summed E-state index contributed by atoms with van der Waals surface area (Å²) in [5.74, 6) is -1.15. The van der Waals surface area contributed by atoms with Crippen LogP contribution in [-0.4, -0.2) is 55.8 Å². The highest BCUT2D eigenvalue weighted by Crippen LogP contribution is 2.33. The molecule has 0 aliphatic heterocycles. The summed E-state index contributed by atoms with van der Waals surface area (Å²) < 4.78 is 81.9. The number of imidazole rings is 1. The van der Waals surface area contributed by atoms with Crippen LogP contribution in [0, 0.1) is 0 Å². The molecule has 3 aromatic heterocycles. The number of alkyl halides is 3. The fraction of sp³-hybridized carbons (Fsp3) is 0.368. The SMILES string of the molecule is CCS(=O)(=O)c1cc(C(=O)N=S(C)(=O)CC)cnc1-c1nc2cc(C(F)(F)F)cnc2n1C. The molecule has 0 aliphatic carbocycles. The number of carbonyl (C=O) groups is 1. The molecule has 1 amide bonds. The normalized spacial score (nSPS) is 14.3. The fourth-order valence-corrected chi connectivity index (χ4v) is 4.50. The molecule has 0 spiro atoms. The quantitative estimate of drug-likeness (QED) is 0.524. The summed E-state index contributed by atoms with van der Waals surface area (Å²) >= 11 is 0. The summed E-state index contributed by atoms with van der Waals surface area (Å²) in [7, 11) is -5.29. The van der Waals surface area contributed by atoms with Crippen LogP contribution in [0.4, 0.5) is 13.2 Å². The van der Waals surface area contributed by atoms with Gasteiger partial charge in [0, 0.05) is 31.4 Å². The standard InChI is InChI=1S/C19H20F3N5O4S2/c1-5-32(4,29)26-18(28)11-7-14(33(30,31)6-2)15(23-9-11)17-25-13-8-12(19(20,21)22)10-24-16(13)27(17)3/h7-10H,5-6H2,1-4H3. The van der Waals surface area contributed by atoms with Gasteiger partial charge in [-0.25, -0.2) is 22.6 Å². The lowest BCUT2D eigenvalue weighted by Gasteiger charge is -2.10. The van der Waals surface area contributed by atoms with Gasteiger partial charge in [0.2, 0.25) is 0 Å². The van der Waals surface area contributed by atoms with Gasteiger partial charge < -0.3 is 4.57 Å². The van der Waals surface area contributed by atoms with Gasteiger partial charge in [-0.15, -0.1) is 0 Å². The molecule has 0 aliphatic rings. The van der Waals surface area contributed by atoms with Crippen molar-refractivity contribution in [1.29, 1.82) is 0 Å². The number of hydrogen-bond acceptors (Lipinski definition) is 7. The zero-order valence-corrected chi connectivity index (χ0v) is 19.7. The molecular formula is C19H20F3N5O4S2. The van der Waals surface area contributed by atoms with E-state index in [-0.39, 0.29) is 44.6 Å². The number of halogens is 3. The van der Waals surface area contributed by atoms with E-state index in [0.717, 1.165) is 18.3 Å². The van der Waals surface area contributed by atoms with Crippen molar-refractivity contribution in [2.24, 2.45) is 11.4 Å². The zero-order valence-electron chi connectivity index (χ0n) is 18.0. The van der Waals surface area contributed by atoms with E-state index in [9.17, 15) is 30.6 Å². The van der Waals surface area contributed by atoms with Crippen molar-refractivity contribution in [3.8, 4) is 11.5 Å². The second kappa shape index (κ2) is 8.48. The van der Waals surface area contributed by atoms with Crippen LogP contribution in [0.1, 0.15) is 29.8 Å². The number of aryl methyl sites for hydroxylation is 1. The summed E-state index contributed by atoms with van der Waals surface area (Å²) in [5, 5.41) is 0. The van der Waals surface area contributed by atoms with Crippen LogP contribution in [0.5, 0.6) is 0 Å². The van der Waals surface area contributed by atoms with Crippen LogP contribution in [0.2, 0.25) is 0 Å². The van der Waals surface area contributed by atoms with E-state index >= 15 is 0 Å². The Balaban J connectivity index is 2.26. The fourth-order valence-electron chi connectivity index (χ4n) is 2.86. The highest BCUT2D eigenvalue weighted by Gasteiger charge is 2.32. The summed E-state index contributed by atoms with van der Waals surface area (Å²) in [6, 6.07) is 1.87. The smallest absolute Gasteiger partial charge is 0.310 e. The third-order valence-electron chi connectivity index (χ3n) is 4.87. The average molecular weight is 504 g/mol. The molecule has 3 rings (SSSR count). The first kappa shape index (κ1) is 24.8. The van der Waals surface area contributed by atoms with Crippen molar-refractivity contribution in [3.05, 3.63) is 35.7 Å². The molecule has 178 valence electrons. The predicted molar refractivity (Wildman–Crippen MR) is 116 cm³/mol. The zero-order chi connectivity index (χ0) is 24.8. The van der Waals surface area contributed by atoms with Crippen LogP contribution in [-0.2, 0) is 32.8 Å². The number of hydrogen-bond donors (Lipinski definition) is 0. The summed E-state index contributed by atoms with van der Waals surface area (Å²) in [4.78, 5) is 24.1. The molecule has 33 heavy (non-hydrogen) atoms. The highest BCUT2D eigenvalue weighted by molar-refractivity contribution is 7.93. The molecule has 3 heterocycles. The number of sulfone groups is 1. The van der Waals surface area contributed by atoms with E-state index < -0.39 is 37.2 Å².